The molecule has 146 valence electrons. The summed E-state index contributed by atoms with van der Waals surface area (Å²) in [5.41, 5.74) is 2.95. The maximum absolute atomic E-state index is 12.4. The number of allylic oxidation sites excluding steroid dienone is 1. The molecule has 2 aromatic carbocycles. The first-order valence-corrected chi connectivity index (χ1v) is 9.01. The Morgan fingerprint density at radius 2 is 1.75 bits per heavy atom. The molecule has 2 aromatic rings. The van der Waals surface area contributed by atoms with E-state index in [0.29, 0.717) is 23.5 Å². The van der Waals surface area contributed by atoms with Gasteiger partial charge in [-0.3, -0.25) is 14.4 Å². The number of rotatable bonds is 7. The lowest BCUT2D eigenvalue weighted by Gasteiger charge is -2.08. The number of ether oxygens (including phenoxy) is 1. The van der Waals surface area contributed by atoms with Crippen molar-refractivity contribution in [1.82, 2.24) is 5.32 Å². The fraction of sp³-hybridized carbons (Fsp3) is 0.227. The second kappa shape index (κ2) is 10.1. The van der Waals surface area contributed by atoms with Gasteiger partial charge in [-0.25, -0.2) is 0 Å². The monoisotopic (exact) mass is 380 g/mol. The van der Waals surface area contributed by atoms with Crippen LogP contribution < -0.4 is 15.4 Å². The second-order valence-corrected chi connectivity index (χ2v) is 6.33. The molecule has 0 fully saturated rings. The van der Waals surface area contributed by atoms with Crippen LogP contribution >= 0.6 is 0 Å². The normalized spacial score (nSPS) is 10.9. The molecule has 28 heavy (non-hydrogen) atoms. The SMILES string of the molecule is CC/C(C)=C/C(=O)NCc1ccc(NC(=O)c2cccc(OC(C)=O)c2)cc1. The third-order valence-corrected chi connectivity index (χ3v) is 3.97. The Morgan fingerprint density at radius 1 is 1.04 bits per heavy atom. The van der Waals surface area contributed by atoms with Crippen LogP contribution in [0.25, 0.3) is 0 Å². The van der Waals surface area contributed by atoms with Gasteiger partial charge in [0.05, 0.1) is 0 Å². The Kier molecular flexibility index (Phi) is 7.51. The van der Waals surface area contributed by atoms with E-state index in [-0.39, 0.29) is 11.8 Å². The zero-order valence-electron chi connectivity index (χ0n) is 16.2. The van der Waals surface area contributed by atoms with Gasteiger partial charge >= 0.3 is 5.97 Å². The molecule has 2 N–H and O–H groups in total. The predicted molar refractivity (Wildman–Crippen MR) is 108 cm³/mol. The van der Waals surface area contributed by atoms with Crippen molar-refractivity contribution >= 4 is 23.5 Å². The van der Waals surface area contributed by atoms with Crippen LogP contribution in [0, 0.1) is 0 Å². The number of carbonyl (C=O) groups excluding carboxylic acids is 3. The summed E-state index contributed by atoms with van der Waals surface area (Å²) in [6.07, 6.45) is 2.43. The Morgan fingerprint density at radius 3 is 2.39 bits per heavy atom. The Balaban J connectivity index is 1.94. The van der Waals surface area contributed by atoms with Crippen molar-refractivity contribution in [1.29, 1.82) is 0 Å². The van der Waals surface area contributed by atoms with Crippen LogP contribution in [0.4, 0.5) is 5.69 Å². The van der Waals surface area contributed by atoms with Gasteiger partial charge < -0.3 is 15.4 Å². The minimum atomic E-state index is -0.444. The van der Waals surface area contributed by atoms with Crippen molar-refractivity contribution in [2.75, 3.05) is 5.32 Å². The van der Waals surface area contributed by atoms with Gasteiger partial charge in [0.25, 0.3) is 5.91 Å². The van der Waals surface area contributed by atoms with E-state index in [4.69, 9.17) is 4.74 Å². The van der Waals surface area contributed by atoms with Crippen LogP contribution in [0.5, 0.6) is 5.75 Å². The molecule has 6 nitrogen and oxygen atoms in total. The van der Waals surface area contributed by atoms with Crippen molar-refractivity contribution in [2.45, 2.75) is 33.7 Å². The first-order valence-electron chi connectivity index (χ1n) is 9.01. The van der Waals surface area contributed by atoms with Gasteiger partial charge in [-0.2, -0.15) is 0 Å². The number of carbonyl (C=O) groups is 3. The van der Waals surface area contributed by atoms with Crippen LogP contribution in [-0.2, 0) is 16.1 Å². The summed E-state index contributed by atoms with van der Waals surface area (Å²) < 4.78 is 4.99. The lowest BCUT2D eigenvalue weighted by Crippen LogP contribution is -2.20. The molecule has 0 saturated heterocycles. The summed E-state index contributed by atoms with van der Waals surface area (Å²) in [6.45, 7) is 5.63. The van der Waals surface area contributed by atoms with Crippen molar-refractivity contribution in [2.24, 2.45) is 0 Å². The van der Waals surface area contributed by atoms with E-state index in [1.54, 1.807) is 36.4 Å². The summed E-state index contributed by atoms with van der Waals surface area (Å²) in [7, 11) is 0. The highest BCUT2D eigenvalue weighted by molar-refractivity contribution is 6.04. The largest absolute Gasteiger partial charge is 0.427 e. The summed E-state index contributed by atoms with van der Waals surface area (Å²) >= 11 is 0. The smallest absolute Gasteiger partial charge is 0.308 e. The van der Waals surface area contributed by atoms with Crippen molar-refractivity contribution in [3.8, 4) is 5.75 Å². The van der Waals surface area contributed by atoms with Crippen LogP contribution in [0.1, 0.15) is 43.1 Å². The van der Waals surface area contributed by atoms with E-state index in [1.165, 1.54) is 13.0 Å². The molecule has 0 aliphatic rings. The highest BCUT2D eigenvalue weighted by atomic mass is 16.5. The first kappa shape index (κ1) is 20.9. The van der Waals surface area contributed by atoms with Gasteiger partial charge in [0.15, 0.2) is 0 Å². The van der Waals surface area contributed by atoms with Crippen LogP contribution in [-0.4, -0.2) is 17.8 Å². The molecule has 0 unspecified atom stereocenters. The number of hydrogen-bond acceptors (Lipinski definition) is 4. The van der Waals surface area contributed by atoms with Gasteiger partial charge in [-0.15, -0.1) is 0 Å². The van der Waals surface area contributed by atoms with Gasteiger partial charge in [-0.1, -0.05) is 30.7 Å². The molecule has 2 rings (SSSR count). The third kappa shape index (κ3) is 6.72. The third-order valence-electron chi connectivity index (χ3n) is 3.97. The zero-order valence-corrected chi connectivity index (χ0v) is 16.2. The minimum absolute atomic E-state index is 0.121. The Bertz CT molecular complexity index is 886. The van der Waals surface area contributed by atoms with Crippen LogP contribution in [0.2, 0.25) is 0 Å². The molecular formula is C22H24N2O4. The van der Waals surface area contributed by atoms with Crippen LogP contribution in [0.15, 0.2) is 60.2 Å². The maximum Gasteiger partial charge on any atom is 0.308 e. The fourth-order valence-corrected chi connectivity index (χ4v) is 2.34. The number of hydrogen-bond donors (Lipinski definition) is 2. The Hall–Kier alpha value is -3.41. The second-order valence-electron chi connectivity index (χ2n) is 6.33. The van der Waals surface area contributed by atoms with E-state index >= 15 is 0 Å². The lowest BCUT2D eigenvalue weighted by molar-refractivity contribution is -0.131. The van der Waals surface area contributed by atoms with E-state index in [9.17, 15) is 14.4 Å². The predicted octanol–water partition coefficient (Wildman–Crippen LogP) is 3.84. The maximum atomic E-state index is 12.4. The summed E-state index contributed by atoms with van der Waals surface area (Å²) in [5, 5.41) is 5.62. The van der Waals surface area contributed by atoms with E-state index < -0.39 is 5.97 Å². The number of anilines is 1. The molecule has 0 spiro atoms. The average Bonchev–Trinajstić information content (AvgIpc) is 2.67. The molecule has 0 atom stereocenters. The summed E-state index contributed by atoms with van der Waals surface area (Å²) in [4.78, 5) is 35.2. The molecule has 2 amide bonds. The summed E-state index contributed by atoms with van der Waals surface area (Å²) in [5.74, 6) is -0.557. The van der Waals surface area contributed by atoms with Gasteiger partial charge in [0.2, 0.25) is 5.91 Å². The van der Waals surface area contributed by atoms with Crippen molar-refractivity contribution in [3.63, 3.8) is 0 Å². The molecule has 0 aromatic heterocycles. The van der Waals surface area contributed by atoms with E-state index in [0.717, 1.165) is 17.6 Å². The van der Waals surface area contributed by atoms with Crippen molar-refractivity contribution < 1.29 is 19.1 Å². The first-order chi connectivity index (χ1) is 13.4. The number of benzene rings is 2. The topological polar surface area (TPSA) is 84.5 Å². The molecule has 6 heteroatoms. The number of nitrogens with one attached hydrogen (secondary N) is 2. The standard InChI is InChI=1S/C22H24N2O4/c1-4-15(2)12-21(26)23-14-17-8-10-19(11-9-17)24-22(27)18-6-5-7-20(13-18)28-16(3)25/h5-13H,4,14H2,1-3H3,(H,23,26)(H,24,27)/b15-12+. The molecule has 0 radical (unpaired) electrons. The highest BCUT2D eigenvalue weighted by Crippen LogP contribution is 2.16. The quantitative estimate of drug-likeness (QED) is 0.434. The molecule has 0 aliphatic carbocycles. The number of esters is 1. The van der Waals surface area contributed by atoms with Crippen molar-refractivity contribution in [3.05, 3.63) is 71.3 Å². The van der Waals surface area contributed by atoms with E-state index in [2.05, 4.69) is 10.6 Å². The van der Waals surface area contributed by atoms with Gasteiger partial charge in [0, 0.05) is 30.8 Å². The van der Waals surface area contributed by atoms with Gasteiger partial charge in [0.1, 0.15) is 5.75 Å². The summed E-state index contributed by atoms with van der Waals surface area (Å²) in [6, 6.07) is 13.6. The average molecular weight is 380 g/mol. The highest BCUT2D eigenvalue weighted by Gasteiger charge is 2.08. The molecular weight excluding hydrogens is 356 g/mol. The van der Waals surface area contributed by atoms with E-state index in [1.807, 2.05) is 26.0 Å². The molecule has 0 heterocycles. The molecule has 0 bridgehead atoms. The minimum Gasteiger partial charge on any atom is -0.427 e. The number of amides is 2. The fourth-order valence-electron chi connectivity index (χ4n) is 2.34. The zero-order chi connectivity index (χ0) is 20.5. The lowest BCUT2D eigenvalue weighted by atomic mass is 10.1. The molecule has 0 aliphatic heterocycles. The molecule has 0 saturated carbocycles. The Labute approximate surface area is 164 Å². The van der Waals surface area contributed by atoms with Gasteiger partial charge in [-0.05, 0) is 49.2 Å². The van der Waals surface area contributed by atoms with Crippen LogP contribution in [0.3, 0.4) is 0 Å².